The van der Waals surface area contributed by atoms with Crippen molar-refractivity contribution in [1.82, 2.24) is 14.8 Å². The van der Waals surface area contributed by atoms with Gasteiger partial charge in [0.1, 0.15) is 22.7 Å². The summed E-state index contributed by atoms with van der Waals surface area (Å²) in [6.45, 7) is 2.66. The van der Waals surface area contributed by atoms with E-state index < -0.39 is 4.92 Å². The quantitative estimate of drug-likeness (QED) is 0.276. The van der Waals surface area contributed by atoms with Crippen LogP contribution in [0.25, 0.3) is 22.2 Å². The van der Waals surface area contributed by atoms with Crippen molar-refractivity contribution in [3.05, 3.63) is 81.3 Å². The molecule has 0 aliphatic carbocycles. The molecule has 0 atom stereocenters. The van der Waals surface area contributed by atoms with Gasteiger partial charge < -0.3 is 14.5 Å². The molecular formula is C22H20N4O6. The highest BCUT2D eigenvalue weighted by atomic mass is 16.6. The Morgan fingerprint density at radius 2 is 1.94 bits per heavy atom. The SMILES string of the molecule is CCOC=O.Cn1nc(-c2cc([N+](=O)[O-])ccc2Oc2ccccc2)c2cc[nH]c2c1=O. The zero-order valence-electron chi connectivity index (χ0n) is 17.3. The summed E-state index contributed by atoms with van der Waals surface area (Å²) in [5.41, 5.74) is 0.843. The van der Waals surface area contributed by atoms with Crippen LogP contribution in [0.2, 0.25) is 0 Å². The minimum absolute atomic E-state index is 0.0928. The van der Waals surface area contributed by atoms with Gasteiger partial charge in [-0.1, -0.05) is 18.2 Å². The molecule has 2 aromatic heterocycles. The first kappa shape index (κ1) is 22.2. The van der Waals surface area contributed by atoms with Crippen molar-refractivity contribution in [2.24, 2.45) is 7.05 Å². The van der Waals surface area contributed by atoms with Gasteiger partial charge in [0.15, 0.2) is 0 Å². The van der Waals surface area contributed by atoms with Crippen LogP contribution in [0.4, 0.5) is 5.69 Å². The first-order chi connectivity index (χ1) is 15.5. The monoisotopic (exact) mass is 436 g/mol. The maximum absolute atomic E-state index is 12.3. The Morgan fingerprint density at radius 3 is 2.56 bits per heavy atom. The molecule has 4 aromatic rings. The Balaban J connectivity index is 0.000000523. The van der Waals surface area contributed by atoms with Crippen LogP contribution in [0.1, 0.15) is 6.92 Å². The van der Waals surface area contributed by atoms with Gasteiger partial charge in [-0.3, -0.25) is 19.7 Å². The number of aryl methyl sites for hydroxylation is 1. The largest absolute Gasteiger partial charge is 0.468 e. The Hall–Kier alpha value is -4.47. The minimum atomic E-state index is -0.480. The summed E-state index contributed by atoms with van der Waals surface area (Å²) in [6.07, 6.45) is 1.63. The summed E-state index contributed by atoms with van der Waals surface area (Å²) >= 11 is 0. The molecule has 0 amide bonds. The second kappa shape index (κ2) is 10.0. The van der Waals surface area contributed by atoms with Gasteiger partial charge in [0.25, 0.3) is 17.7 Å². The number of non-ortho nitro benzene ring substituents is 1. The van der Waals surface area contributed by atoms with E-state index in [9.17, 15) is 19.7 Å². The third-order valence-corrected chi connectivity index (χ3v) is 4.39. The normalized spacial score (nSPS) is 10.2. The number of fused-ring (bicyclic) bond motifs is 1. The highest BCUT2D eigenvalue weighted by molar-refractivity contribution is 5.94. The fourth-order valence-corrected chi connectivity index (χ4v) is 2.94. The molecule has 0 bridgehead atoms. The number of nitrogens with zero attached hydrogens (tertiary/aromatic N) is 3. The number of carbonyl (C=O) groups excluding carboxylic acids is 1. The number of carbonyl (C=O) groups is 1. The van der Waals surface area contributed by atoms with Crippen LogP contribution in [0.15, 0.2) is 65.6 Å². The standard InChI is InChI=1S/C19H14N4O4.C3H6O2/c1-22-19(24)18-14(9-10-20-18)17(21-22)15-11-12(23(25)26)7-8-16(15)27-13-5-3-2-4-6-13;1-2-5-3-4/h2-11,20H,1H3;3H,2H2,1H3. The molecule has 2 aromatic carbocycles. The number of H-pyrrole nitrogens is 1. The number of nitrogens with one attached hydrogen (secondary N) is 1. The molecule has 10 heteroatoms. The van der Waals surface area contributed by atoms with E-state index in [-0.39, 0.29) is 11.2 Å². The summed E-state index contributed by atoms with van der Waals surface area (Å²) in [5, 5.41) is 16.2. The lowest BCUT2D eigenvalue weighted by Gasteiger charge is -2.12. The van der Waals surface area contributed by atoms with Crippen molar-refractivity contribution in [3.8, 4) is 22.8 Å². The molecule has 0 saturated heterocycles. The molecule has 0 aliphatic rings. The van der Waals surface area contributed by atoms with E-state index in [2.05, 4.69) is 14.8 Å². The van der Waals surface area contributed by atoms with E-state index in [0.717, 1.165) is 0 Å². The molecule has 2 heterocycles. The van der Waals surface area contributed by atoms with Crippen molar-refractivity contribution < 1.29 is 19.2 Å². The fourth-order valence-electron chi connectivity index (χ4n) is 2.94. The zero-order chi connectivity index (χ0) is 23.1. The van der Waals surface area contributed by atoms with Crippen molar-refractivity contribution >= 4 is 23.1 Å². The molecule has 0 fully saturated rings. The molecule has 164 valence electrons. The number of aromatic nitrogens is 3. The van der Waals surface area contributed by atoms with Crippen molar-refractivity contribution in [2.75, 3.05) is 6.61 Å². The third kappa shape index (κ3) is 4.81. The first-order valence-electron chi connectivity index (χ1n) is 9.57. The molecule has 0 unspecified atom stereocenters. The van der Waals surface area contributed by atoms with Crippen molar-refractivity contribution in [1.29, 1.82) is 0 Å². The van der Waals surface area contributed by atoms with Crippen LogP contribution < -0.4 is 10.3 Å². The smallest absolute Gasteiger partial charge is 0.293 e. The van der Waals surface area contributed by atoms with E-state index in [1.807, 2.05) is 18.2 Å². The summed E-state index contributed by atoms with van der Waals surface area (Å²) in [5.74, 6) is 0.989. The van der Waals surface area contributed by atoms with Crippen LogP contribution >= 0.6 is 0 Å². The summed E-state index contributed by atoms with van der Waals surface area (Å²) in [7, 11) is 1.53. The van der Waals surface area contributed by atoms with Gasteiger partial charge in [-0.2, -0.15) is 5.10 Å². The second-order valence-electron chi connectivity index (χ2n) is 6.45. The summed E-state index contributed by atoms with van der Waals surface area (Å²) < 4.78 is 11.3. The Kier molecular flexibility index (Phi) is 6.96. The van der Waals surface area contributed by atoms with Crippen LogP contribution in [0, 0.1) is 10.1 Å². The number of benzene rings is 2. The van der Waals surface area contributed by atoms with E-state index in [1.54, 1.807) is 31.3 Å². The fraction of sp³-hybridized carbons (Fsp3) is 0.136. The predicted molar refractivity (Wildman–Crippen MR) is 118 cm³/mol. The first-order valence-corrected chi connectivity index (χ1v) is 9.57. The van der Waals surface area contributed by atoms with Gasteiger partial charge in [0, 0.05) is 30.8 Å². The minimum Gasteiger partial charge on any atom is -0.468 e. The van der Waals surface area contributed by atoms with Gasteiger partial charge in [-0.25, -0.2) is 4.68 Å². The Morgan fingerprint density at radius 1 is 1.19 bits per heavy atom. The van der Waals surface area contributed by atoms with E-state index in [1.165, 1.54) is 29.9 Å². The van der Waals surface area contributed by atoms with E-state index in [0.29, 0.717) is 46.7 Å². The summed E-state index contributed by atoms with van der Waals surface area (Å²) in [4.78, 5) is 35.1. The topological polar surface area (TPSA) is 129 Å². The summed E-state index contributed by atoms with van der Waals surface area (Å²) in [6, 6.07) is 15.1. The maximum atomic E-state index is 12.3. The number of para-hydroxylation sites is 1. The number of aromatic amines is 1. The van der Waals surface area contributed by atoms with Crippen molar-refractivity contribution in [3.63, 3.8) is 0 Å². The van der Waals surface area contributed by atoms with Gasteiger partial charge in [-0.15, -0.1) is 0 Å². The van der Waals surface area contributed by atoms with Gasteiger partial charge >= 0.3 is 0 Å². The van der Waals surface area contributed by atoms with Gasteiger partial charge in [0.05, 0.1) is 17.1 Å². The highest BCUT2D eigenvalue weighted by Gasteiger charge is 2.19. The lowest BCUT2D eigenvalue weighted by atomic mass is 10.1. The molecule has 0 radical (unpaired) electrons. The molecular weight excluding hydrogens is 416 g/mol. The molecule has 4 rings (SSSR count). The van der Waals surface area contributed by atoms with Crippen molar-refractivity contribution in [2.45, 2.75) is 6.92 Å². The van der Waals surface area contributed by atoms with E-state index >= 15 is 0 Å². The predicted octanol–water partition coefficient (Wildman–Crippen LogP) is 3.81. The number of nitro benzene ring substituents is 1. The average molecular weight is 436 g/mol. The number of rotatable bonds is 6. The number of hydrogen-bond donors (Lipinski definition) is 1. The van der Waals surface area contributed by atoms with E-state index in [4.69, 9.17) is 4.74 Å². The lowest BCUT2D eigenvalue weighted by molar-refractivity contribution is -0.384. The van der Waals surface area contributed by atoms with Crippen LogP contribution in [0.3, 0.4) is 0 Å². The van der Waals surface area contributed by atoms with Crippen LogP contribution in [0.5, 0.6) is 11.5 Å². The van der Waals surface area contributed by atoms with Gasteiger partial charge in [-0.05, 0) is 31.2 Å². The molecule has 1 N–H and O–H groups in total. The Bertz CT molecular complexity index is 1300. The maximum Gasteiger partial charge on any atom is 0.293 e. The van der Waals surface area contributed by atoms with Crippen LogP contribution in [-0.2, 0) is 16.6 Å². The second-order valence-corrected chi connectivity index (χ2v) is 6.45. The number of nitro groups is 1. The highest BCUT2D eigenvalue weighted by Crippen LogP contribution is 2.37. The Labute approximate surface area is 182 Å². The molecule has 0 spiro atoms. The third-order valence-electron chi connectivity index (χ3n) is 4.39. The average Bonchev–Trinajstić information content (AvgIpc) is 3.28. The number of hydrogen-bond acceptors (Lipinski definition) is 7. The zero-order valence-corrected chi connectivity index (χ0v) is 17.3. The molecule has 32 heavy (non-hydrogen) atoms. The molecule has 10 nitrogen and oxygen atoms in total. The molecule has 0 saturated carbocycles. The van der Waals surface area contributed by atoms with Crippen LogP contribution in [-0.4, -0.2) is 32.8 Å². The molecule has 0 aliphatic heterocycles. The number of ether oxygens (including phenoxy) is 2. The van der Waals surface area contributed by atoms with Gasteiger partial charge in [0.2, 0.25) is 0 Å². The lowest BCUT2D eigenvalue weighted by Crippen LogP contribution is -2.20.